The Labute approximate surface area is 143 Å². The van der Waals surface area contributed by atoms with E-state index in [9.17, 15) is 0 Å². The minimum atomic E-state index is 0.858. The fourth-order valence-corrected chi connectivity index (χ4v) is 3.63. The molecule has 0 spiro atoms. The van der Waals surface area contributed by atoms with Gasteiger partial charge in [-0.05, 0) is 23.1 Å². The zero-order chi connectivity index (χ0) is 15.7. The minimum Gasteiger partial charge on any atom is -0.379 e. The predicted molar refractivity (Wildman–Crippen MR) is 94.9 cm³/mol. The molecule has 2 heterocycles. The van der Waals surface area contributed by atoms with Gasteiger partial charge in [0.25, 0.3) is 0 Å². The molecule has 0 aliphatic carbocycles. The van der Waals surface area contributed by atoms with Crippen LogP contribution >= 0.6 is 11.8 Å². The second kappa shape index (κ2) is 9.45. The third-order valence-corrected chi connectivity index (χ3v) is 5.16. The highest BCUT2D eigenvalue weighted by molar-refractivity contribution is 8.02. The summed E-state index contributed by atoms with van der Waals surface area (Å²) in [5, 5.41) is 2.35. The summed E-state index contributed by atoms with van der Waals surface area (Å²) in [6, 6.07) is 10.6. The molecule has 23 heavy (non-hydrogen) atoms. The monoisotopic (exact) mass is 334 g/mol. The zero-order valence-electron chi connectivity index (χ0n) is 13.7. The topological polar surface area (TPSA) is 24.9 Å². The number of hydrogen-bond acceptors (Lipinski definition) is 5. The van der Waals surface area contributed by atoms with Crippen LogP contribution in [0.1, 0.15) is 0 Å². The first-order valence-corrected chi connectivity index (χ1v) is 9.28. The first kappa shape index (κ1) is 17.0. The molecule has 0 radical (unpaired) electrons. The Hall–Kier alpha value is -0.850. The van der Waals surface area contributed by atoms with Gasteiger partial charge in [0.05, 0.1) is 26.4 Å². The number of ether oxygens (including phenoxy) is 2. The Bertz CT molecular complexity index is 461. The fourth-order valence-electron chi connectivity index (χ4n) is 2.87. The third kappa shape index (κ3) is 5.94. The highest BCUT2D eigenvalue weighted by Gasteiger charge is 2.16. The maximum atomic E-state index is 5.47. The average Bonchev–Trinajstić information content (AvgIpc) is 2.62. The summed E-state index contributed by atoms with van der Waals surface area (Å²) in [5.41, 5.74) is 1.49. The number of hydrogen-bond donors (Lipinski definition) is 0. The molecule has 1 aromatic rings. The van der Waals surface area contributed by atoms with E-state index in [0.717, 1.165) is 65.7 Å². The number of nitrogens with zero attached hydrogens (tertiary/aromatic N) is 2. The normalized spacial score (nSPS) is 20.3. The molecule has 0 bridgehead atoms. The van der Waals surface area contributed by atoms with Crippen LogP contribution < -0.4 is 0 Å². The zero-order valence-corrected chi connectivity index (χ0v) is 14.5. The Morgan fingerprint density at radius 3 is 1.91 bits per heavy atom. The molecule has 3 rings (SSSR count). The van der Waals surface area contributed by atoms with Crippen LogP contribution in [-0.2, 0) is 9.47 Å². The molecule has 4 nitrogen and oxygen atoms in total. The van der Waals surface area contributed by atoms with Crippen LogP contribution in [0.4, 0.5) is 0 Å². The van der Waals surface area contributed by atoms with Gasteiger partial charge in [0, 0.05) is 44.2 Å². The molecule has 0 unspecified atom stereocenters. The van der Waals surface area contributed by atoms with Gasteiger partial charge in [-0.1, -0.05) is 30.0 Å². The predicted octanol–water partition coefficient (Wildman–Crippen LogP) is 2.33. The summed E-state index contributed by atoms with van der Waals surface area (Å²) in [5.74, 6) is 0. The van der Waals surface area contributed by atoms with E-state index in [-0.39, 0.29) is 0 Å². The number of morpholine rings is 2. The maximum Gasteiger partial charge on any atom is 0.0594 e. The maximum absolute atomic E-state index is 5.47. The largest absolute Gasteiger partial charge is 0.379 e. The highest BCUT2D eigenvalue weighted by atomic mass is 32.2. The van der Waals surface area contributed by atoms with Crippen LogP contribution in [0.3, 0.4) is 0 Å². The van der Waals surface area contributed by atoms with Crippen LogP contribution in [0.2, 0.25) is 0 Å². The lowest BCUT2D eigenvalue weighted by Crippen LogP contribution is -2.41. The van der Waals surface area contributed by atoms with E-state index >= 15 is 0 Å². The highest BCUT2D eigenvalue weighted by Crippen LogP contribution is 2.21. The summed E-state index contributed by atoms with van der Waals surface area (Å²) in [6.45, 7) is 9.67. The minimum absolute atomic E-state index is 0.858. The van der Waals surface area contributed by atoms with Crippen LogP contribution in [0.15, 0.2) is 46.2 Å². The number of benzene rings is 1. The van der Waals surface area contributed by atoms with Crippen molar-refractivity contribution in [3.05, 3.63) is 41.3 Å². The summed E-state index contributed by atoms with van der Waals surface area (Å²) in [6.07, 6.45) is 0. The molecule has 0 aromatic heterocycles. The lowest BCUT2D eigenvalue weighted by atomic mass is 10.2. The van der Waals surface area contributed by atoms with Gasteiger partial charge in [-0.25, -0.2) is 0 Å². The Kier molecular flexibility index (Phi) is 6.98. The van der Waals surface area contributed by atoms with Crippen molar-refractivity contribution in [1.29, 1.82) is 0 Å². The molecular weight excluding hydrogens is 308 g/mol. The van der Waals surface area contributed by atoms with Gasteiger partial charge < -0.3 is 9.47 Å². The van der Waals surface area contributed by atoms with Gasteiger partial charge in [0.2, 0.25) is 0 Å². The van der Waals surface area contributed by atoms with Crippen LogP contribution in [-0.4, -0.2) is 75.5 Å². The Morgan fingerprint density at radius 2 is 1.39 bits per heavy atom. The molecule has 5 heteroatoms. The lowest BCUT2D eigenvalue weighted by Gasteiger charge is -2.31. The van der Waals surface area contributed by atoms with Crippen LogP contribution in [0, 0.1) is 0 Å². The van der Waals surface area contributed by atoms with Crippen LogP contribution in [0.25, 0.3) is 0 Å². The molecule has 0 atom stereocenters. The standard InChI is InChI=1S/C18H26N2O2S/c1-2-4-18(5-3-1)23-16-17(14-19-6-10-21-11-7-19)15-20-8-12-22-13-9-20/h1-5,16H,6-15H2. The van der Waals surface area contributed by atoms with Crippen LogP contribution in [0.5, 0.6) is 0 Å². The Morgan fingerprint density at radius 1 is 0.870 bits per heavy atom. The summed E-state index contributed by atoms with van der Waals surface area (Å²) in [4.78, 5) is 6.30. The number of thioether (sulfide) groups is 1. The molecule has 2 aliphatic heterocycles. The third-order valence-electron chi connectivity index (χ3n) is 4.17. The van der Waals surface area contributed by atoms with Gasteiger partial charge in [-0.15, -0.1) is 0 Å². The average molecular weight is 334 g/mol. The molecule has 2 fully saturated rings. The summed E-state index contributed by atoms with van der Waals surface area (Å²) in [7, 11) is 0. The van der Waals surface area contributed by atoms with E-state index in [4.69, 9.17) is 9.47 Å². The molecule has 0 N–H and O–H groups in total. The van der Waals surface area contributed by atoms with Crippen molar-refractivity contribution in [2.24, 2.45) is 0 Å². The Balaban J connectivity index is 1.61. The molecule has 1 aromatic carbocycles. The molecular formula is C18H26N2O2S. The fraction of sp³-hybridized carbons (Fsp3) is 0.556. The molecule has 0 amide bonds. The lowest BCUT2D eigenvalue weighted by molar-refractivity contribution is 0.0340. The van der Waals surface area contributed by atoms with E-state index in [1.54, 1.807) is 0 Å². The molecule has 2 saturated heterocycles. The van der Waals surface area contributed by atoms with Gasteiger partial charge in [0.15, 0.2) is 0 Å². The molecule has 0 saturated carbocycles. The summed E-state index contributed by atoms with van der Waals surface area (Å²) >= 11 is 1.83. The van der Waals surface area contributed by atoms with E-state index in [1.807, 2.05) is 11.8 Å². The van der Waals surface area contributed by atoms with Crippen molar-refractivity contribution in [3.8, 4) is 0 Å². The van der Waals surface area contributed by atoms with E-state index in [0.29, 0.717) is 0 Å². The van der Waals surface area contributed by atoms with E-state index in [1.165, 1.54) is 10.5 Å². The second-order valence-corrected chi connectivity index (χ2v) is 6.93. The smallest absolute Gasteiger partial charge is 0.0594 e. The SMILES string of the molecule is C(Sc1ccccc1)=C(CN1CCOCC1)CN1CCOCC1. The van der Waals surface area contributed by atoms with E-state index < -0.39 is 0 Å². The quantitative estimate of drug-likeness (QED) is 0.744. The van der Waals surface area contributed by atoms with Gasteiger partial charge in [-0.3, -0.25) is 9.80 Å². The second-order valence-electron chi connectivity index (χ2n) is 5.98. The summed E-state index contributed by atoms with van der Waals surface area (Å²) < 4.78 is 10.9. The van der Waals surface area contributed by atoms with Gasteiger partial charge in [0.1, 0.15) is 0 Å². The van der Waals surface area contributed by atoms with Crippen molar-refractivity contribution < 1.29 is 9.47 Å². The van der Waals surface area contributed by atoms with Gasteiger partial charge in [-0.2, -0.15) is 0 Å². The van der Waals surface area contributed by atoms with Crippen molar-refractivity contribution >= 4 is 11.8 Å². The van der Waals surface area contributed by atoms with Crippen molar-refractivity contribution in [3.63, 3.8) is 0 Å². The first-order chi connectivity index (χ1) is 11.4. The van der Waals surface area contributed by atoms with Crippen molar-refractivity contribution in [2.45, 2.75) is 4.90 Å². The van der Waals surface area contributed by atoms with Gasteiger partial charge >= 0.3 is 0 Å². The molecule has 126 valence electrons. The number of rotatable bonds is 6. The first-order valence-electron chi connectivity index (χ1n) is 8.40. The molecule has 2 aliphatic rings. The van der Waals surface area contributed by atoms with E-state index in [2.05, 4.69) is 45.5 Å². The van der Waals surface area contributed by atoms with Crippen molar-refractivity contribution in [2.75, 3.05) is 65.7 Å². The van der Waals surface area contributed by atoms with Crippen molar-refractivity contribution in [1.82, 2.24) is 9.80 Å².